The lowest BCUT2D eigenvalue weighted by atomic mass is 9.93. The van der Waals surface area contributed by atoms with E-state index in [0.717, 1.165) is 12.5 Å². The summed E-state index contributed by atoms with van der Waals surface area (Å²) < 4.78 is 0. The summed E-state index contributed by atoms with van der Waals surface area (Å²) in [6.07, 6.45) is 5.15. The second kappa shape index (κ2) is 6.37. The minimum atomic E-state index is 0.394. The summed E-state index contributed by atoms with van der Waals surface area (Å²) in [6, 6.07) is 7.42. The van der Waals surface area contributed by atoms with Crippen LogP contribution in [0.25, 0.3) is 0 Å². The predicted octanol–water partition coefficient (Wildman–Crippen LogP) is 2.80. The third-order valence-corrected chi connectivity index (χ3v) is 5.19. The van der Waals surface area contributed by atoms with Crippen molar-refractivity contribution in [2.24, 2.45) is 11.7 Å². The van der Waals surface area contributed by atoms with Gasteiger partial charge >= 0.3 is 0 Å². The van der Waals surface area contributed by atoms with E-state index in [1.54, 1.807) is 0 Å². The van der Waals surface area contributed by atoms with Crippen LogP contribution in [0, 0.1) is 5.92 Å². The molecule has 1 aromatic rings. The maximum atomic E-state index is 6.13. The van der Waals surface area contributed by atoms with Crippen molar-refractivity contribution in [1.29, 1.82) is 0 Å². The maximum Gasteiger partial charge on any atom is 0.0470 e. The van der Waals surface area contributed by atoms with Crippen LogP contribution in [0.2, 0.25) is 0 Å². The highest BCUT2D eigenvalue weighted by Gasteiger charge is 2.25. The van der Waals surface area contributed by atoms with Gasteiger partial charge in [0.25, 0.3) is 0 Å². The lowest BCUT2D eigenvalue weighted by Gasteiger charge is -2.37. The van der Waals surface area contributed by atoms with Crippen LogP contribution in [-0.4, -0.2) is 38.1 Å². The van der Waals surface area contributed by atoms with E-state index in [-0.39, 0.29) is 0 Å². The third kappa shape index (κ3) is 3.09. The molecule has 3 nitrogen and oxygen atoms in total. The molecule has 3 heteroatoms. The van der Waals surface area contributed by atoms with Crippen molar-refractivity contribution in [3.8, 4) is 0 Å². The highest BCUT2D eigenvalue weighted by atomic mass is 15.2. The van der Waals surface area contributed by atoms with Gasteiger partial charge in [0.05, 0.1) is 0 Å². The molecule has 1 aromatic carbocycles. The molecule has 0 amide bonds. The quantitative estimate of drug-likeness (QED) is 0.928. The van der Waals surface area contributed by atoms with Gasteiger partial charge in [-0.1, -0.05) is 19.1 Å². The summed E-state index contributed by atoms with van der Waals surface area (Å²) in [5.41, 5.74) is 10.5. The van der Waals surface area contributed by atoms with Gasteiger partial charge in [-0.3, -0.25) is 4.90 Å². The highest BCUT2D eigenvalue weighted by molar-refractivity contribution is 5.56. The van der Waals surface area contributed by atoms with Gasteiger partial charge in [-0.15, -0.1) is 0 Å². The zero-order valence-corrected chi connectivity index (χ0v) is 13.5. The Bertz CT molecular complexity index is 485. The Morgan fingerprint density at radius 3 is 2.90 bits per heavy atom. The fourth-order valence-corrected chi connectivity index (χ4v) is 4.02. The topological polar surface area (TPSA) is 32.5 Å². The summed E-state index contributed by atoms with van der Waals surface area (Å²) in [4.78, 5) is 4.98. The number of piperidine rings is 1. The minimum absolute atomic E-state index is 0.394. The Hall–Kier alpha value is -1.06. The molecule has 0 aliphatic carbocycles. The Balaban J connectivity index is 1.84. The second-order valence-electron chi connectivity index (χ2n) is 6.91. The fraction of sp³-hybridized carbons (Fsp3) is 0.667. The van der Waals surface area contributed by atoms with E-state index < -0.39 is 0 Å². The molecule has 2 aliphatic heterocycles. The van der Waals surface area contributed by atoms with Crippen molar-refractivity contribution in [3.63, 3.8) is 0 Å². The Kier molecular flexibility index (Phi) is 4.51. The van der Waals surface area contributed by atoms with Gasteiger partial charge in [-0.2, -0.15) is 0 Å². The number of anilines is 1. The van der Waals surface area contributed by atoms with Crippen LogP contribution in [0.5, 0.6) is 0 Å². The van der Waals surface area contributed by atoms with Gasteiger partial charge in [0, 0.05) is 38.4 Å². The highest BCUT2D eigenvalue weighted by Crippen LogP contribution is 2.32. The first kappa shape index (κ1) is 14.9. The van der Waals surface area contributed by atoms with Gasteiger partial charge in [0.1, 0.15) is 0 Å². The molecule has 116 valence electrons. The number of nitrogens with two attached hydrogens (primary N) is 1. The van der Waals surface area contributed by atoms with Crippen molar-refractivity contribution in [2.45, 2.75) is 38.6 Å². The Morgan fingerprint density at radius 1 is 1.29 bits per heavy atom. The lowest BCUT2D eigenvalue weighted by Crippen LogP contribution is -2.40. The zero-order valence-electron chi connectivity index (χ0n) is 13.5. The van der Waals surface area contributed by atoms with Crippen LogP contribution in [0.1, 0.15) is 43.4 Å². The summed E-state index contributed by atoms with van der Waals surface area (Å²) in [7, 11) is 2.20. The molecule has 0 radical (unpaired) electrons. The first-order valence-corrected chi connectivity index (χ1v) is 8.47. The van der Waals surface area contributed by atoms with E-state index in [1.165, 1.54) is 62.1 Å². The molecule has 2 atom stereocenters. The van der Waals surface area contributed by atoms with E-state index in [2.05, 4.69) is 42.0 Å². The van der Waals surface area contributed by atoms with Crippen LogP contribution in [0.3, 0.4) is 0 Å². The minimum Gasteiger partial charge on any atom is -0.374 e. The second-order valence-corrected chi connectivity index (χ2v) is 6.91. The van der Waals surface area contributed by atoms with Gasteiger partial charge in [-0.05, 0) is 55.3 Å². The van der Waals surface area contributed by atoms with E-state index >= 15 is 0 Å². The number of rotatable bonds is 3. The number of benzene rings is 1. The Morgan fingerprint density at radius 2 is 2.14 bits per heavy atom. The smallest absolute Gasteiger partial charge is 0.0470 e. The standard InChI is InChI=1S/C18H29N3/c1-14-5-3-10-21(13-14)18(12-19)16-7-8-17-15(11-16)6-4-9-20(17)2/h7-8,11,14,18H,3-6,9-10,12-13,19H2,1-2H3. The van der Waals surface area contributed by atoms with E-state index in [0.29, 0.717) is 6.04 Å². The predicted molar refractivity (Wildman–Crippen MR) is 89.8 cm³/mol. The molecule has 1 saturated heterocycles. The SMILES string of the molecule is CC1CCCN(C(CN)c2ccc3c(c2)CCCN3C)C1. The number of likely N-dealkylation sites (tertiary alicyclic amines) is 1. The van der Waals surface area contributed by atoms with Crippen molar-refractivity contribution < 1.29 is 0 Å². The molecule has 0 saturated carbocycles. The molecule has 0 spiro atoms. The molecule has 21 heavy (non-hydrogen) atoms. The summed E-state index contributed by atoms with van der Waals surface area (Å²) in [5, 5.41) is 0. The number of aryl methyl sites for hydroxylation is 1. The summed E-state index contributed by atoms with van der Waals surface area (Å²) >= 11 is 0. The molecule has 3 rings (SSSR count). The van der Waals surface area contributed by atoms with Crippen molar-refractivity contribution in [3.05, 3.63) is 29.3 Å². The van der Waals surface area contributed by atoms with Crippen LogP contribution >= 0.6 is 0 Å². The average Bonchev–Trinajstić information content (AvgIpc) is 2.48. The first-order chi connectivity index (χ1) is 10.2. The largest absolute Gasteiger partial charge is 0.374 e. The van der Waals surface area contributed by atoms with Gasteiger partial charge in [0.2, 0.25) is 0 Å². The molecule has 2 unspecified atom stereocenters. The van der Waals surface area contributed by atoms with Crippen LogP contribution in [0.15, 0.2) is 18.2 Å². The van der Waals surface area contributed by atoms with Gasteiger partial charge in [-0.25, -0.2) is 0 Å². The monoisotopic (exact) mass is 287 g/mol. The molecular formula is C18H29N3. The fourth-order valence-electron chi connectivity index (χ4n) is 4.02. The normalized spacial score (nSPS) is 24.7. The number of hydrogen-bond acceptors (Lipinski definition) is 3. The molecule has 0 bridgehead atoms. The van der Waals surface area contributed by atoms with Gasteiger partial charge < -0.3 is 10.6 Å². The third-order valence-electron chi connectivity index (χ3n) is 5.19. The molecule has 2 aliphatic rings. The lowest BCUT2D eigenvalue weighted by molar-refractivity contribution is 0.133. The maximum absolute atomic E-state index is 6.13. The molecule has 1 fully saturated rings. The van der Waals surface area contributed by atoms with Crippen LogP contribution in [-0.2, 0) is 6.42 Å². The average molecular weight is 287 g/mol. The van der Waals surface area contributed by atoms with Gasteiger partial charge in [0.15, 0.2) is 0 Å². The molecule has 2 N–H and O–H groups in total. The van der Waals surface area contributed by atoms with Crippen molar-refractivity contribution in [1.82, 2.24) is 4.90 Å². The Labute approximate surface area is 129 Å². The number of nitrogens with zero attached hydrogens (tertiary/aromatic N) is 2. The van der Waals surface area contributed by atoms with E-state index in [1.807, 2.05) is 0 Å². The summed E-state index contributed by atoms with van der Waals surface area (Å²) in [6.45, 7) is 6.65. The van der Waals surface area contributed by atoms with E-state index in [4.69, 9.17) is 5.73 Å². The number of fused-ring (bicyclic) bond motifs is 1. The molecule has 0 aromatic heterocycles. The van der Waals surface area contributed by atoms with E-state index in [9.17, 15) is 0 Å². The molecule has 2 heterocycles. The summed E-state index contributed by atoms with van der Waals surface area (Å²) in [5.74, 6) is 0.802. The first-order valence-electron chi connectivity index (χ1n) is 8.47. The van der Waals surface area contributed by atoms with Crippen molar-refractivity contribution >= 4 is 5.69 Å². The molecular weight excluding hydrogens is 258 g/mol. The van der Waals surface area contributed by atoms with Crippen LogP contribution in [0.4, 0.5) is 5.69 Å². The zero-order chi connectivity index (χ0) is 14.8. The van der Waals surface area contributed by atoms with Crippen LogP contribution < -0.4 is 10.6 Å². The number of hydrogen-bond donors (Lipinski definition) is 1. The van der Waals surface area contributed by atoms with Crippen molar-refractivity contribution in [2.75, 3.05) is 38.1 Å².